The molecule has 0 aliphatic carbocycles. The number of benzene rings is 4. The van der Waals surface area contributed by atoms with E-state index in [1.165, 1.54) is 27.8 Å². The first-order chi connectivity index (χ1) is 15.9. The lowest BCUT2D eigenvalue weighted by Crippen LogP contribution is -2.04. The van der Waals surface area contributed by atoms with E-state index >= 15 is 0 Å². The van der Waals surface area contributed by atoms with Crippen molar-refractivity contribution >= 4 is 6.08 Å². The highest BCUT2D eigenvalue weighted by Crippen LogP contribution is 2.31. The van der Waals surface area contributed by atoms with Gasteiger partial charge in [0, 0.05) is 5.92 Å². The van der Waals surface area contributed by atoms with Crippen molar-refractivity contribution in [2.45, 2.75) is 25.2 Å². The first-order valence-electron chi connectivity index (χ1n) is 11.4. The van der Waals surface area contributed by atoms with E-state index in [0.29, 0.717) is 5.92 Å². The third-order valence-electron chi connectivity index (χ3n) is 5.85. The van der Waals surface area contributed by atoms with Crippen LogP contribution < -0.4 is 0 Å². The predicted octanol–water partition coefficient (Wildman–Crippen LogP) is 8.29. The van der Waals surface area contributed by atoms with Crippen LogP contribution in [-0.2, 0) is 12.8 Å². The number of allylic oxidation sites excluding steroid dienone is 3. The van der Waals surface area contributed by atoms with Crippen molar-refractivity contribution in [1.29, 1.82) is 0 Å². The van der Waals surface area contributed by atoms with Crippen LogP contribution in [0.15, 0.2) is 139 Å². The highest BCUT2D eigenvalue weighted by molar-refractivity contribution is 5.54. The van der Waals surface area contributed by atoms with Gasteiger partial charge in [-0.1, -0.05) is 140 Å². The van der Waals surface area contributed by atoms with Crippen molar-refractivity contribution < 1.29 is 0 Å². The molecule has 0 saturated carbocycles. The van der Waals surface area contributed by atoms with E-state index in [-0.39, 0.29) is 0 Å². The third kappa shape index (κ3) is 6.43. The van der Waals surface area contributed by atoms with Crippen LogP contribution >= 0.6 is 0 Å². The average molecular weight is 415 g/mol. The molecule has 1 unspecified atom stereocenters. The zero-order valence-corrected chi connectivity index (χ0v) is 18.5. The minimum atomic E-state index is 0.347. The van der Waals surface area contributed by atoms with E-state index < -0.39 is 0 Å². The minimum Gasteiger partial charge on any atom is -0.0763 e. The number of hydrogen-bond donors (Lipinski definition) is 0. The van der Waals surface area contributed by atoms with Gasteiger partial charge in [0.15, 0.2) is 0 Å². The monoisotopic (exact) mass is 414 g/mol. The summed E-state index contributed by atoms with van der Waals surface area (Å²) in [6.45, 7) is 0. The lowest BCUT2D eigenvalue weighted by Gasteiger charge is -2.20. The van der Waals surface area contributed by atoms with Crippen molar-refractivity contribution in [2.75, 3.05) is 0 Å². The number of hydrogen-bond acceptors (Lipinski definition) is 0. The Bertz CT molecular complexity index is 1110. The second-order valence-corrected chi connectivity index (χ2v) is 8.13. The molecular formula is C32H30. The standard InChI is InChI=1S/C32H30/c1-5-13-27(14-6-1)21-24-31(25-22-28-15-7-2-8-16-28)32(30-19-11-4-12-20-30)26-23-29-17-9-3-10-18-29/h1-21,24-25,32H,22-23,26H2/b24-21+,31-25+. The number of rotatable bonds is 9. The summed E-state index contributed by atoms with van der Waals surface area (Å²) in [5, 5.41) is 0. The van der Waals surface area contributed by atoms with Gasteiger partial charge in [0.1, 0.15) is 0 Å². The SMILES string of the molecule is C(=C\c1ccccc1)/C(=C\Cc1ccccc1)C(CCc1ccccc1)c1ccccc1. The average Bonchev–Trinajstić information content (AvgIpc) is 2.88. The van der Waals surface area contributed by atoms with E-state index in [2.05, 4.69) is 140 Å². The quantitative estimate of drug-likeness (QED) is 0.242. The van der Waals surface area contributed by atoms with Crippen molar-refractivity contribution in [3.8, 4) is 0 Å². The van der Waals surface area contributed by atoms with Gasteiger partial charge in [0.25, 0.3) is 0 Å². The Morgan fingerprint density at radius 1 is 0.594 bits per heavy atom. The molecule has 0 saturated heterocycles. The summed E-state index contributed by atoms with van der Waals surface area (Å²) in [6, 6.07) is 43.1. The normalized spacial score (nSPS) is 12.7. The van der Waals surface area contributed by atoms with Crippen LogP contribution in [0.1, 0.15) is 34.6 Å². The minimum absolute atomic E-state index is 0.347. The van der Waals surface area contributed by atoms with Crippen LogP contribution in [0.2, 0.25) is 0 Å². The summed E-state index contributed by atoms with van der Waals surface area (Å²) in [4.78, 5) is 0. The highest BCUT2D eigenvalue weighted by atomic mass is 14.2. The van der Waals surface area contributed by atoms with Crippen molar-refractivity contribution in [3.63, 3.8) is 0 Å². The third-order valence-corrected chi connectivity index (χ3v) is 5.85. The summed E-state index contributed by atoms with van der Waals surface area (Å²) < 4.78 is 0. The predicted molar refractivity (Wildman–Crippen MR) is 138 cm³/mol. The van der Waals surface area contributed by atoms with Gasteiger partial charge < -0.3 is 0 Å². The fraction of sp³-hybridized carbons (Fsp3) is 0.125. The summed E-state index contributed by atoms with van der Waals surface area (Å²) in [5.41, 5.74) is 6.71. The van der Waals surface area contributed by atoms with Gasteiger partial charge in [-0.25, -0.2) is 0 Å². The second-order valence-electron chi connectivity index (χ2n) is 8.13. The van der Waals surface area contributed by atoms with Gasteiger partial charge in [-0.2, -0.15) is 0 Å². The molecule has 0 aromatic heterocycles. The second kappa shape index (κ2) is 11.7. The molecule has 158 valence electrons. The highest BCUT2D eigenvalue weighted by Gasteiger charge is 2.15. The lowest BCUT2D eigenvalue weighted by atomic mass is 9.84. The molecule has 0 radical (unpaired) electrons. The fourth-order valence-corrected chi connectivity index (χ4v) is 4.10. The molecule has 0 bridgehead atoms. The molecular weight excluding hydrogens is 384 g/mol. The van der Waals surface area contributed by atoms with Gasteiger partial charge in [-0.05, 0) is 47.1 Å². The summed E-state index contributed by atoms with van der Waals surface area (Å²) in [6.07, 6.45) is 10.0. The van der Waals surface area contributed by atoms with Gasteiger partial charge in [-0.3, -0.25) is 0 Å². The maximum atomic E-state index is 2.41. The number of aryl methyl sites for hydroxylation is 1. The van der Waals surface area contributed by atoms with Crippen molar-refractivity contribution in [2.24, 2.45) is 0 Å². The molecule has 0 N–H and O–H groups in total. The Hall–Kier alpha value is -3.64. The molecule has 32 heavy (non-hydrogen) atoms. The topological polar surface area (TPSA) is 0 Å². The molecule has 1 atom stereocenters. The molecule has 0 amide bonds. The Labute approximate surface area is 192 Å². The zero-order valence-electron chi connectivity index (χ0n) is 18.5. The van der Waals surface area contributed by atoms with Crippen LogP contribution in [0.25, 0.3) is 6.08 Å². The molecule has 0 spiro atoms. The maximum absolute atomic E-state index is 2.41. The molecule has 0 heterocycles. The Morgan fingerprint density at radius 3 is 1.75 bits per heavy atom. The van der Waals surface area contributed by atoms with Crippen LogP contribution in [0, 0.1) is 0 Å². The Morgan fingerprint density at radius 2 is 1.12 bits per heavy atom. The van der Waals surface area contributed by atoms with Crippen molar-refractivity contribution in [1.82, 2.24) is 0 Å². The van der Waals surface area contributed by atoms with E-state index in [0.717, 1.165) is 19.3 Å². The van der Waals surface area contributed by atoms with E-state index in [4.69, 9.17) is 0 Å². The molecule has 0 aliphatic rings. The molecule has 4 aromatic rings. The van der Waals surface area contributed by atoms with Gasteiger partial charge in [0.05, 0.1) is 0 Å². The molecule has 0 heteroatoms. The largest absolute Gasteiger partial charge is 0.0763 e. The van der Waals surface area contributed by atoms with E-state index in [1.807, 2.05) is 0 Å². The van der Waals surface area contributed by atoms with Crippen LogP contribution in [0.3, 0.4) is 0 Å². The van der Waals surface area contributed by atoms with Crippen LogP contribution in [0.4, 0.5) is 0 Å². The molecule has 4 aromatic carbocycles. The summed E-state index contributed by atoms with van der Waals surface area (Å²) in [5.74, 6) is 0.347. The molecule has 0 aliphatic heterocycles. The molecule has 4 rings (SSSR count). The zero-order chi connectivity index (χ0) is 21.8. The summed E-state index contributed by atoms with van der Waals surface area (Å²) >= 11 is 0. The maximum Gasteiger partial charge on any atom is 0.00894 e. The van der Waals surface area contributed by atoms with E-state index in [1.54, 1.807) is 0 Å². The summed E-state index contributed by atoms with van der Waals surface area (Å²) in [7, 11) is 0. The first-order valence-corrected chi connectivity index (χ1v) is 11.4. The Balaban J connectivity index is 1.66. The lowest BCUT2D eigenvalue weighted by molar-refractivity contribution is 0.712. The van der Waals surface area contributed by atoms with E-state index in [9.17, 15) is 0 Å². The van der Waals surface area contributed by atoms with Crippen LogP contribution in [-0.4, -0.2) is 0 Å². The van der Waals surface area contributed by atoms with Crippen LogP contribution in [0.5, 0.6) is 0 Å². The van der Waals surface area contributed by atoms with Gasteiger partial charge in [-0.15, -0.1) is 0 Å². The van der Waals surface area contributed by atoms with Gasteiger partial charge >= 0.3 is 0 Å². The van der Waals surface area contributed by atoms with Gasteiger partial charge in [0.2, 0.25) is 0 Å². The first kappa shape index (κ1) is 21.6. The Kier molecular flexibility index (Phi) is 7.87. The fourth-order valence-electron chi connectivity index (χ4n) is 4.10. The smallest absolute Gasteiger partial charge is 0.00894 e. The van der Waals surface area contributed by atoms with Crippen molar-refractivity contribution in [3.05, 3.63) is 161 Å². The molecule has 0 fully saturated rings. The molecule has 0 nitrogen and oxygen atoms in total.